The second-order valence-electron chi connectivity index (χ2n) is 5.70. The van der Waals surface area contributed by atoms with Gasteiger partial charge in [0, 0.05) is 5.02 Å². The number of nitrogens with zero attached hydrogens (tertiary/aromatic N) is 2. The van der Waals surface area contributed by atoms with Crippen molar-refractivity contribution in [3.8, 4) is 5.69 Å². The number of nitrogens with one attached hydrogen (secondary N) is 2. The number of benzene rings is 2. The molecule has 128 valence electrons. The van der Waals surface area contributed by atoms with E-state index in [9.17, 15) is 4.79 Å². The molecule has 2 aromatic carbocycles. The third-order valence-electron chi connectivity index (χ3n) is 3.87. The maximum Gasteiger partial charge on any atom is 0.273 e. The Hall–Kier alpha value is -2.79. The van der Waals surface area contributed by atoms with Gasteiger partial charge in [0.25, 0.3) is 5.91 Å². The van der Waals surface area contributed by atoms with Gasteiger partial charge < -0.3 is 0 Å². The summed E-state index contributed by atoms with van der Waals surface area (Å²) in [6, 6.07) is 15.2. The van der Waals surface area contributed by atoms with Crippen LogP contribution in [0.3, 0.4) is 0 Å². The fourth-order valence-electron chi connectivity index (χ4n) is 2.57. The third-order valence-corrected chi connectivity index (χ3v) is 4.11. The molecule has 0 radical (unpaired) electrons. The highest BCUT2D eigenvalue weighted by Crippen LogP contribution is 2.17. The Morgan fingerprint density at radius 1 is 1.20 bits per heavy atom. The minimum atomic E-state index is -0.241. The first-order valence-corrected chi connectivity index (χ1v) is 8.42. The van der Waals surface area contributed by atoms with Gasteiger partial charge in [0.05, 0.1) is 28.8 Å². The molecule has 1 aromatic heterocycles. The molecule has 0 aliphatic rings. The standard InChI is InChI=1S/C19H19ClN4O/c1-3-18-17(12-21-24(18)16-9-7-13(2)8-10-16)19(25)23-22-15-6-4-5-14(20)11-15/h4-12,22H,3H2,1-2H3,(H,23,25). The number of carbonyl (C=O) groups is 1. The maximum atomic E-state index is 12.5. The average molecular weight is 355 g/mol. The predicted molar refractivity (Wildman–Crippen MR) is 100 cm³/mol. The summed E-state index contributed by atoms with van der Waals surface area (Å²) >= 11 is 5.94. The molecule has 0 aliphatic carbocycles. The van der Waals surface area contributed by atoms with E-state index in [1.807, 2.05) is 50.2 Å². The zero-order valence-corrected chi connectivity index (χ0v) is 14.8. The largest absolute Gasteiger partial charge is 0.298 e. The summed E-state index contributed by atoms with van der Waals surface area (Å²) in [4.78, 5) is 12.5. The van der Waals surface area contributed by atoms with E-state index in [4.69, 9.17) is 11.6 Å². The Bertz CT molecular complexity index is 887. The summed E-state index contributed by atoms with van der Waals surface area (Å²) < 4.78 is 1.80. The first kappa shape index (κ1) is 17.0. The number of carbonyl (C=O) groups excluding carboxylic acids is 1. The Kier molecular flexibility index (Phi) is 5.05. The molecule has 0 bridgehead atoms. The molecule has 0 saturated heterocycles. The van der Waals surface area contributed by atoms with E-state index in [2.05, 4.69) is 16.0 Å². The fourth-order valence-corrected chi connectivity index (χ4v) is 2.76. The van der Waals surface area contributed by atoms with Crippen LogP contribution >= 0.6 is 11.6 Å². The molecule has 0 unspecified atom stereocenters. The van der Waals surface area contributed by atoms with Crippen molar-refractivity contribution in [3.05, 3.63) is 76.6 Å². The first-order chi connectivity index (χ1) is 12.1. The normalized spacial score (nSPS) is 10.5. The van der Waals surface area contributed by atoms with Gasteiger partial charge in [0.15, 0.2) is 0 Å². The lowest BCUT2D eigenvalue weighted by Crippen LogP contribution is -2.29. The fraction of sp³-hybridized carbons (Fsp3) is 0.158. The van der Waals surface area contributed by atoms with E-state index in [1.165, 1.54) is 5.56 Å². The number of rotatable bonds is 5. The van der Waals surface area contributed by atoms with E-state index in [-0.39, 0.29) is 5.91 Å². The lowest BCUT2D eigenvalue weighted by Gasteiger charge is -2.10. The molecule has 2 N–H and O–H groups in total. The van der Waals surface area contributed by atoms with Crippen molar-refractivity contribution in [2.45, 2.75) is 20.3 Å². The maximum absolute atomic E-state index is 12.5. The Morgan fingerprint density at radius 3 is 2.64 bits per heavy atom. The highest BCUT2D eigenvalue weighted by molar-refractivity contribution is 6.30. The summed E-state index contributed by atoms with van der Waals surface area (Å²) in [6.45, 7) is 4.04. The van der Waals surface area contributed by atoms with Gasteiger partial charge in [-0.15, -0.1) is 0 Å². The van der Waals surface area contributed by atoms with E-state index in [0.717, 1.165) is 11.4 Å². The molecule has 25 heavy (non-hydrogen) atoms. The molecule has 6 heteroatoms. The van der Waals surface area contributed by atoms with Crippen molar-refractivity contribution in [2.75, 3.05) is 5.43 Å². The molecular weight excluding hydrogens is 336 g/mol. The van der Waals surface area contributed by atoms with Crippen molar-refractivity contribution in [2.24, 2.45) is 0 Å². The predicted octanol–water partition coefficient (Wildman–Crippen LogP) is 4.15. The van der Waals surface area contributed by atoms with Gasteiger partial charge in [-0.2, -0.15) is 5.10 Å². The second-order valence-corrected chi connectivity index (χ2v) is 6.13. The van der Waals surface area contributed by atoms with Crippen molar-refractivity contribution in [1.29, 1.82) is 0 Å². The van der Waals surface area contributed by atoms with Crippen LogP contribution in [0.2, 0.25) is 5.02 Å². The Morgan fingerprint density at radius 2 is 1.96 bits per heavy atom. The van der Waals surface area contributed by atoms with E-state index >= 15 is 0 Å². The van der Waals surface area contributed by atoms with Crippen molar-refractivity contribution >= 4 is 23.2 Å². The third kappa shape index (κ3) is 3.83. The molecule has 1 heterocycles. The lowest BCUT2D eigenvalue weighted by atomic mass is 10.2. The van der Waals surface area contributed by atoms with E-state index in [0.29, 0.717) is 22.7 Å². The van der Waals surface area contributed by atoms with Crippen molar-refractivity contribution in [1.82, 2.24) is 15.2 Å². The van der Waals surface area contributed by atoms with Gasteiger partial charge in [-0.1, -0.05) is 42.3 Å². The zero-order chi connectivity index (χ0) is 17.8. The smallest absolute Gasteiger partial charge is 0.273 e. The number of hydrogen-bond donors (Lipinski definition) is 2. The number of hydrogen-bond acceptors (Lipinski definition) is 3. The molecule has 1 amide bonds. The topological polar surface area (TPSA) is 59.0 Å². The Labute approximate surface area is 151 Å². The lowest BCUT2D eigenvalue weighted by molar-refractivity contribution is 0.0961. The summed E-state index contributed by atoms with van der Waals surface area (Å²) in [5.74, 6) is -0.241. The SMILES string of the molecule is CCc1c(C(=O)NNc2cccc(Cl)c2)cnn1-c1ccc(C)cc1. The van der Waals surface area contributed by atoms with Crippen molar-refractivity contribution < 1.29 is 4.79 Å². The highest BCUT2D eigenvalue weighted by atomic mass is 35.5. The molecule has 3 aromatic rings. The summed E-state index contributed by atoms with van der Waals surface area (Å²) in [5, 5.41) is 4.98. The van der Waals surface area contributed by atoms with Crippen LogP contribution in [0.1, 0.15) is 28.5 Å². The van der Waals surface area contributed by atoms with Crippen LogP contribution in [-0.2, 0) is 6.42 Å². The molecule has 0 spiro atoms. The Balaban J connectivity index is 1.80. The number of halogens is 1. The number of hydrazine groups is 1. The van der Waals surface area contributed by atoms with Crippen LogP contribution in [0.25, 0.3) is 5.69 Å². The van der Waals surface area contributed by atoms with Crippen LogP contribution in [-0.4, -0.2) is 15.7 Å². The number of aryl methyl sites for hydroxylation is 1. The summed E-state index contributed by atoms with van der Waals surface area (Å²) in [5.41, 5.74) is 9.78. The van der Waals surface area contributed by atoms with Gasteiger partial charge in [0.2, 0.25) is 0 Å². The summed E-state index contributed by atoms with van der Waals surface area (Å²) in [6.07, 6.45) is 2.28. The van der Waals surface area contributed by atoms with Crippen LogP contribution in [0.5, 0.6) is 0 Å². The van der Waals surface area contributed by atoms with Crippen LogP contribution in [0, 0.1) is 6.92 Å². The minimum Gasteiger partial charge on any atom is -0.298 e. The molecule has 0 saturated carbocycles. The first-order valence-electron chi connectivity index (χ1n) is 8.04. The zero-order valence-electron chi connectivity index (χ0n) is 14.1. The van der Waals surface area contributed by atoms with Crippen LogP contribution < -0.4 is 10.9 Å². The molecule has 0 aliphatic heterocycles. The van der Waals surface area contributed by atoms with Crippen molar-refractivity contribution in [3.63, 3.8) is 0 Å². The van der Waals surface area contributed by atoms with E-state index < -0.39 is 0 Å². The van der Waals surface area contributed by atoms with E-state index in [1.54, 1.807) is 23.0 Å². The number of aromatic nitrogens is 2. The number of anilines is 1. The molecule has 5 nitrogen and oxygen atoms in total. The molecular formula is C19H19ClN4O. The quantitative estimate of drug-likeness (QED) is 0.676. The van der Waals surface area contributed by atoms with Gasteiger partial charge in [-0.25, -0.2) is 4.68 Å². The minimum absolute atomic E-state index is 0.241. The van der Waals surface area contributed by atoms with Gasteiger partial charge in [0.1, 0.15) is 0 Å². The summed E-state index contributed by atoms with van der Waals surface area (Å²) in [7, 11) is 0. The molecule has 0 fully saturated rings. The van der Waals surface area contributed by atoms with Gasteiger partial charge >= 0.3 is 0 Å². The highest BCUT2D eigenvalue weighted by Gasteiger charge is 2.17. The van der Waals surface area contributed by atoms with Crippen LogP contribution in [0.15, 0.2) is 54.7 Å². The second kappa shape index (κ2) is 7.40. The molecule has 3 rings (SSSR count). The average Bonchev–Trinajstić information content (AvgIpc) is 3.04. The van der Waals surface area contributed by atoms with Gasteiger partial charge in [-0.3, -0.25) is 15.6 Å². The monoisotopic (exact) mass is 354 g/mol. The van der Waals surface area contributed by atoms with Crippen LogP contribution in [0.4, 0.5) is 5.69 Å². The molecule has 0 atom stereocenters. The number of amides is 1. The van der Waals surface area contributed by atoms with Gasteiger partial charge in [-0.05, 0) is 43.7 Å².